The van der Waals surface area contributed by atoms with Crippen molar-refractivity contribution in [3.63, 3.8) is 0 Å². The van der Waals surface area contributed by atoms with Crippen LogP contribution in [0.3, 0.4) is 0 Å². The minimum Gasteiger partial charge on any atom is -0.508 e. The van der Waals surface area contributed by atoms with E-state index < -0.39 is 18.5 Å². The van der Waals surface area contributed by atoms with Crippen LogP contribution in [0.1, 0.15) is 0 Å². The van der Waals surface area contributed by atoms with Gasteiger partial charge in [0, 0.05) is 5.69 Å². The van der Waals surface area contributed by atoms with Gasteiger partial charge in [-0.1, -0.05) is 0 Å². The number of amides is 2. The Morgan fingerprint density at radius 3 is 2.33 bits per heavy atom. The van der Waals surface area contributed by atoms with Crippen LogP contribution in [-0.4, -0.2) is 28.8 Å². The topological polar surface area (TPSA) is 98.7 Å². The Labute approximate surface area is 85.5 Å². The molecule has 15 heavy (non-hydrogen) atoms. The normalized spacial score (nSPS) is 9.33. The first-order valence-corrected chi connectivity index (χ1v) is 4.13. The van der Waals surface area contributed by atoms with Gasteiger partial charge in [0.15, 0.2) is 0 Å². The van der Waals surface area contributed by atoms with E-state index in [-0.39, 0.29) is 5.75 Å². The molecule has 1 aromatic carbocycles. The molecule has 1 rings (SSSR count). The molecule has 0 atom stereocenters. The van der Waals surface area contributed by atoms with Crippen LogP contribution in [-0.2, 0) is 4.79 Å². The summed E-state index contributed by atoms with van der Waals surface area (Å²) < 4.78 is 0. The molecule has 0 saturated heterocycles. The van der Waals surface area contributed by atoms with E-state index in [1.807, 2.05) is 0 Å². The van der Waals surface area contributed by atoms with Crippen LogP contribution in [0.5, 0.6) is 5.75 Å². The molecule has 0 spiro atoms. The van der Waals surface area contributed by atoms with Gasteiger partial charge >= 0.3 is 12.0 Å². The maximum absolute atomic E-state index is 11.1. The third-order valence-corrected chi connectivity index (χ3v) is 1.53. The van der Waals surface area contributed by atoms with E-state index >= 15 is 0 Å². The Hall–Kier alpha value is -2.24. The Balaban J connectivity index is 2.44. The lowest BCUT2D eigenvalue weighted by Gasteiger charge is -2.05. The summed E-state index contributed by atoms with van der Waals surface area (Å²) in [5.41, 5.74) is 0.468. The SMILES string of the molecule is O=C(O)CNC(=O)Nc1ccc(O)cc1. The summed E-state index contributed by atoms with van der Waals surface area (Å²) in [6.07, 6.45) is 0. The van der Waals surface area contributed by atoms with Gasteiger partial charge in [0.05, 0.1) is 0 Å². The fourth-order valence-corrected chi connectivity index (χ4v) is 0.876. The summed E-state index contributed by atoms with van der Waals surface area (Å²) >= 11 is 0. The highest BCUT2D eigenvalue weighted by Gasteiger charge is 2.03. The summed E-state index contributed by atoms with van der Waals surface area (Å²) in [5, 5.41) is 21.8. The van der Waals surface area contributed by atoms with Crippen LogP contribution in [0, 0.1) is 0 Å². The first-order chi connectivity index (χ1) is 7.08. The maximum atomic E-state index is 11.1. The Morgan fingerprint density at radius 2 is 1.80 bits per heavy atom. The number of phenols is 1. The zero-order chi connectivity index (χ0) is 11.3. The molecule has 0 aliphatic rings. The number of nitrogens with one attached hydrogen (secondary N) is 2. The predicted molar refractivity (Wildman–Crippen MR) is 52.8 cm³/mol. The number of carbonyl (C=O) groups is 2. The molecular weight excluding hydrogens is 200 g/mol. The third kappa shape index (κ3) is 3.99. The molecule has 0 aromatic heterocycles. The lowest BCUT2D eigenvalue weighted by Crippen LogP contribution is -2.33. The monoisotopic (exact) mass is 210 g/mol. The fourth-order valence-electron chi connectivity index (χ4n) is 0.876. The highest BCUT2D eigenvalue weighted by molar-refractivity contribution is 5.91. The van der Waals surface area contributed by atoms with Crippen molar-refractivity contribution in [2.45, 2.75) is 0 Å². The Kier molecular flexibility index (Phi) is 3.50. The van der Waals surface area contributed by atoms with Gasteiger partial charge in [0.1, 0.15) is 12.3 Å². The number of hydrogen-bond donors (Lipinski definition) is 4. The fraction of sp³-hybridized carbons (Fsp3) is 0.111. The van der Waals surface area contributed by atoms with Gasteiger partial charge in [-0.25, -0.2) is 4.79 Å². The number of urea groups is 1. The molecule has 0 aliphatic carbocycles. The van der Waals surface area contributed by atoms with Crippen molar-refractivity contribution in [2.24, 2.45) is 0 Å². The quantitative estimate of drug-likeness (QED) is 0.549. The third-order valence-electron chi connectivity index (χ3n) is 1.53. The molecule has 0 unspecified atom stereocenters. The molecule has 1 aromatic rings. The summed E-state index contributed by atoms with van der Waals surface area (Å²) in [5.74, 6) is -1.03. The van der Waals surface area contributed by atoms with Crippen molar-refractivity contribution in [1.82, 2.24) is 5.32 Å². The summed E-state index contributed by atoms with van der Waals surface area (Å²) in [6.45, 7) is -0.441. The molecule has 2 amide bonds. The largest absolute Gasteiger partial charge is 0.508 e. The highest BCUT2D eigenvalue weighted by Crippen LogP contribution is 2.13. The van der Waals surface area contributed by atoms with E-state index in [1.54, 1.807) is 0 Å². The van der Waals surface area contributed by atoms with E-state index in [0.717, 1.165) is 0 Å². The maximum Gasteiger partial charge on any atom is 0.323 e. The van der Waals surface area contributed by atoms with Crippen molar-refractivity contribution < 1.29 is 19.8 Å². The van der Waals surface area contributed by atoms with Gasteiger partial charge in [0.25, 0.3) is 0 Å². The molecule has 0 aliphatic heterocycles. The second-order valence-electron chi connectivity index (χ2n) is 2.75. The van der Waals surface area contributed by atoms with Crippen LogP contribution in [0.25, 0.3) is 0 Å². The van der Waals surface area contributed by atoms with Gasteiger partial charge in [-0.2, -0.15) is 0 Å². The average Bonchev–Trinajstić information content (AvgIpc) is 2.19. The molecule has 0 fully saturated rings. The molecule has 0 bridgehead atoms. The van der Waals surface area contributed by atoms with Gasteiger partial charge < -0.3 is 20.8 Å². The minimum absolute atomic E-state index is 0.0893. The van der Waals surface area contributed by atoms with Crippen molar-refractivity contribution in [1.29, 1.82) is 0 Å². The first kappa shape index (κ1) is 10.8. The number of rotatable bonds is 3. The van der Waals surface area contributed by atoms with Crippen LogP contribution < -0.4 is 10.6 Å². The van der Waals surface area contributed by atoms with Crippen LogP contribution >= 0.6 is 0 Å². The van der Waals surface area contributed by atoms with Gasteiger partial charge in [0.2, 0.25) is 0 Å². The van der Waals surface area contributed by atoms with Crippen LogP contribution in [0.4, 0.5) is 10.5 Å². The summed E-state index contributed by atoms with van der Waals surface area (Å²) in [6, 6.07) is 5.20. The highest BCUT2D eigenvalue weighted by atomic mass is 16.4. The molecule has 6 nitrogen and oxygen atoms in total. The molecular formula is C9H10N2O4. The number of carbonyl (C=O) groups excluding carboxylic acids is 1. The van der Waals surface area contributed by atoms with E-state index in [2.05, 4.69) is 10.6 Å². The van der Waals surface area contributed by atoms with E-state index in [1.165, 1.54) is 24.3 Å². The molecule has 0 radical (unpaired) electrons. The van der Waals surface area contributed by atoms with Gasteiger partial charge in [-0.15, -0.1) is 0 Å². The number of benzene rings is 1. The zero-order valence-electron chi connectivity index (χ0n) is 7.73. The van der Waals surface area contributed by atoms with Crippen molar-refractivity contribution >= 4 is 17.7 Å². The average molecular weight is 210 g/mol. The van der Waals surface area contributed by atoms with Crippen molar-refractivity contribution in [3.8, 4) is 5.75 Å². The number of anilines is 1. The standard InChI is InChI=1S/C9H10N2O4/c12-7-3-1-6(2-4-7)11-9(15)10-5-8(13)14/h1-4,12H,5H2,(H,13,14)(H2,10,11,15). The Bertz CT molecular complexity index is 361. The number of carboxylic acids is 1. The van der Waals surface area contributed by atoms with E-state index in [9.17, 15) is 9.59 Å². The number of aliphatic carboxylic acids is 1. The molecule has 80 valence electrons. The predicted octanol–water partition coefficient (Wildman–Crippen LogP) is 0.598. The smallest absolute Gasteiger partial charge is 0.323 e. The van der Waals surface area contributed by atoms with Crippen LogP contribution in [0.2, 0.25) is 0 Å². The lowest BCUT2D eigenvalue weighted by atomic mass is 10.3. The van der Waals surface area contributed by atoms with Crippen molar-refractivity contribution in [2.75, 3.05) is 11.9 Å². The molecule has 4 N–H and O–H groups in total. The second kappa shape index (κ2) is 4.85. The number of hydrogen-bond acceptors (Lipinski definition) is 3. The molecule has 0 saturated carbocycles. The lowest BCUT2D eigenvalue weighted by molar-refractivity contribution is -0.135. The minimum atomic E-state index is -1.11. The van der Waals surface area contributed by atoms with E-state index in [4.69, 9.17) is 10.2 Å². The summed E-state index contributed by atoms with van der Waals surface area (Å²) in [7, 11) is 0. The van der Waals surface area contributed by atoms with Gasteiger partial charge in [-0.3, -0.25) is 4.79 Å². The first-order valence-electron chi connectivity index (χ1n) is 4.13. The number of phenolic OH excluding ortho intramolecular Hbond substituents is 1. The summed E-state index contributed by atoms with van der Waals surface area (Å²) in [4.78, 5) is 21.2. The Morgan fingerprint density at radius 1 is 1.20 bits per heavy atom. The van der Waals surface area contributed by atoms with Crippen molar-refractivity contribution in [3.05, 3.63) is 24.3 Å². The molecule has 0 heterocycles. The number of carboxylic acid groups (broad SMARTS) is 1. The molecule has 6 heteroatoms. The zero-order valence-corrected chi connectivity index (χ0v) is 7.73. The van der Waals surface area contributed by atoms with E-state index in [0.29, 0.717) is 5.69 Å². The number of aromatic hydroxyl groups is 1. The second-order valence-corrected chi connectivity index (χ2v) is 2.75. The van der Waals surface area contributed by atoms with Gasteiger partial charge in [-0.05, 0) is 24.3 Å². The van der Waals surface area contributed by atoms with Crippen LogP contribution in [0.15, 0.2) is 24.3 Å².